The van der Waals surface area contributed by atoms with Gasteiger partial charge in [-0.25, -0.2) is 9.80 Å². The molecule has 2 rings (SSSR count). The first-order valence-corrected chi connectivity index (χ1v) is 6.47. The molecule has 0 aliphatic carbocycles. The Hall–Kier alpha value is 0.140. The van der Waals surface area contributed by atoms with E-state index in [0.29, 0.717) is 0 Å². The van der Waals surface area contributed by atoms with E-state index in [0.717, 1.165) is 51.9 Å². The average Bonchev–Trinajstić information content (AvgIpc) is 2.31. The van der Waals surface area contributed by atoms with Gasteiger partial charge in [0.25, 0.3) is 5.38 Å². The Morgan fingerprint density at radius 1 is 0.733 bits per heavy atom. The van der Waals surface area contributed by atoms with E-state index in [1.54, 1.807) is 9.80 Å². The van der Waals surface area contributed by atoms with E-state index >= 15 is 0 Å². The van der Waals surface area contributed by atoms with Gasteiger partial charge in [0.05, 0.1) is 0 Å². The molecular weight excluding hydrogens is 215 g/mol. The largest absolute Gasteiger partial charge is 0.298 e. The molecule has 2 nitrogen and oxygen atoms in total. The van der Waals surface area contributed by atoms with E-state index in [-0.39, 0.29) is 0 Å². The third kappa shape index (κ3) is 2.63. The lowest BCUT2D eigenvalue weighted by Gasteiger charge is -2.43. The van der Waals surface area contributed by atoms with Crippen molar-refractivity contribution in [2.75, 3.05) is 26.2 Å². The van der Waals surface area contributed by atoms with E-state index in [2.05, 4.69) is 0 Å². The third-order valence-corrected chi connectivity index (χ3v) is 3.95. The first kappa shape index (κ1) is 11.6. The van der Waals surface area contributed by atoms with Gasteiger partial charge in [-0.2, -0.15) is 4.39 Å². The fourth-order valence-corrected chi connectivity index (χ4v) is 2.86. The van der Waals surface area contributed by atoms with Crippen molar-refractivity contribution < 1.29 is 4.39 Å². The van der Waals surface area contributed by atoms with Crippen molar-refractivity contribution in [1.29, 1.82) is 0 Å². The van der Waals surface area contributed by atoms with Gasteiger partial charge in [0.2, 0.25) is 0 Å². The van der Waals surface area contributed by atoms with Crippen LogP contribution >= 0.6 is 11.6 Å². The normalized spacial score (nSPS) is 26.8. The van der Waals surface area contributed by atoms with Crippen LogP contribution in [0.2, 0.25) is 0 Å². The second kappa shape index (κ2) is 4.98. The van der Waals surface area contributed by atoms with Gasteiger partial charge in [-0.05, 0) is 37.3 Å². The minimum absolute atomic E-state index is 0.802. The Balaban J connectivity index is 1.96. The highest BCUT2D eigenvalue weighted by molar-refractivity contribution is 6.22. The van der Waals surface area contributed by atoms with Crippen molar-refractivity contribution in [2.45, 2.75) is 43.9 Å². The van der Waals surface area contributed by atoms with Crippen LogP contribution in [0.1, 0.15) is 38.5 Å². The first-order chi connectivity index (χ1) is 7.21. The van der Waals surface area contributed by atoms with Gasteiger partial charge in [-0.3, -0.25) is 0 Å². The summed E-state index contributed by atoms with van der Waals surface area (Å²) in [6.45, 7) is 3.21. The van der Waals surface area contributed by atoms with E-state index < -0.39 is 5.38 Å². The molecule has 2 saturated heterocycles. The predicted molar refractivity (Wildman–Crippen MR) is 60.5 cm³/mol. The van der Waals surface area contributed by atoms with E-state index in [1.165, 1.54) is 12.8 Å². The number of hydrogen-bond donors (Lipinski definition) is 0. The summed E-state index contributed by atoms with van der Waals surface area (Å²) in [6, 6.07) is 0. The molecule has 88 valence electrons. The molecule has 0 aromatic heterocycles. The molecule has 2 fully saturated rings. The van der Waals surface area contributed by atoms with Gasteiger partial charge in [-0.15, -0.1) is 0 Å². The second-order valence-corrected chi connectivity index (χ2v) is 5.09. The fraction of sp³-hybridized carbons (Fsp3) is 1.00. The molecule has 2 heterocycles. The van der Waals surface area contributed by atoms with Crippen LogP contribution in [0.3, 0.4) is 0 Å². The molecule has 0 spiro atoms. The summed E-state index contributed by atoms with van der Waals surface area (Å²) in [7, 11) is 0. The van der Waals surface area contributed by atoms with Crippen LogP contribution in [0.4, 0.5) is 4.39 Å². The molecule has 2 aliphatic heterocycles. The van der Waals surface area contributed by atoms with Crippen LogP contribution in [0, 0.1) is 0 Å². The van der Waals surface area contributed by atoms with Gasteiger partial charge < -0.3 is 0 Å². The summed E-state index contributed by atoms with van der Waals surface area (Å²) in [5.41, 5.74) is 0. The average molecular weight is 235 g/mol. The Labute approximate surface area is 96.4 Å². The van der Waals surface area contributed by atoms with Crippen LogP contribution in [0.25, 0.3) is 0 Å². The molecule has 0 aromatic rings. The number of alkyl halides is 2. The number of halogens is 2. The van der Waals surface area contributed by atoms with Crippen molar-refractivity contribution in [1.82, 2.24) is 9.80 Å². The maximum absolute atomic E-state index is 14.5. The standard InChI is InChI=1S/C11H20ClFN2/c12-11(13,14-7-3-1-4-8-14)15-9-5-2-6-10-15/h1-10H2. The summed E-state index contributed by atoms with van der Waals surface area (Å²) in [4.78, 5) is 3.59. The molecule has 0 amide bonds. The van der Waals surface area contributed by atoms with Crippen molar-refractivity contribution >= 4 is 11.6 Å². The van der Waals surface area contributed by atoms with Crippen molar-refractivity contribution in [3.63, 3.8) is 0 Å². The lowest BCUT2D eigenvalue weighted by Crippen LogP contribution is -2.56. The summed E-state index contributed by atoms with van der Waals surface area (Å²) < 4.78 is 14.5. The lowest BCUT2D eigenvalue weighted by molar-refractivity contribution is -0.105. The zero-order valence-electron chi connectivity index (χ0n) is 9.22. The van der Waals surface area contributed by atoms with Crippen LogP contribution in [0.15, 0.2) is 0 Å². The predicted octanol–water partition coefficient (Wildman–Crippen LogP) is 2.78. The highest BCUT2D eigenvalue weighted by Gasteiger charge is 2.41. The molecule has 4 heteroatoms. The topological polar surface area (TPSA) is 6.48 Å². The lowest BCUT2D eigenvalue weighted by atomic mass is 10.1. The summed E-state index contributed by atoms with van der Waals surface area (Å²) in [6.07, 6.45) is 6.73. The molecule has 15 heavy (non-hydrogen) atoms. The van der Waals surface area contributed by atoms with Gasteiger partial charge in [0.1, 0.15) is 0 Å². The Morgan fingerprint density at radius 2 is 1.07 bits per heavy atom. The van der Waals surface area contributed by atoms with Gasteiger partial charge >= 0.3 is 0 Å². The maximum atomic E-state index is 14.5. The zero-order chi connectivity index (χ0) is 10.7. The molecule has 2 aliphatic rings. The van der Waals surface area contributed by atoms with Crippen LogP contribution in [-0.4, -0.2) is 41.4 Å². The van der Waals surface area contributed by atoms with Gasteiger partial charge in [0.15, 0.2) is 0 Å². The Bertz CT molecular complexity index is 179. The minimum atomic E-state index is -1.72. The van der Waals surface area contributed by atoms with Crippen molar-refractivity contribution in [3.8, 4) is 0 Å². The minimum Gasteiger partial charge on any atom is -0.245 e. The number of rotatable bonds is 2. The van der Waals surface area contributed by atoms with E-state index in [4.69, 9.17) is 11.6 Å². The Kier molecular flexibility index (Phi) is 3.86. The SMILES string of the molecule is FC(Cl)(N1CCCCC1)N1CCCCC1. The number of likely N-dealkylation sites (tertiary alicyclic amines) is 2. The van der Waals surface area contributed by atoms with Crippen LogP contribution < -0.4 is 0 Å². The smallest absolute Gasteiger partial charge is 0.245 e. The molecule has 0 aromatic carbocycles. The number of nitrogens with zero attached hydrogens (tertiary/aromatic N) is 2. The molecule has 0 saturated carbocycles. The molecule has 0 N–H and O–H groups in total. The highest BCUT2D eigenvalue weighted by atomic mass is 35.5. The second-order valence-electron chi connectivity index (χ2n) is 4.60. The quantitative estimate of drug-likeness (QED) is 0.536. The van der Waals surface area contributed by atoms with Crippen molar-refractivity contribution in [3.05, 3.63) is 0 Å². The monoisotopic (exact) mass is 234 g/mol. The number of piperidine rings is 2. The molecule has 0 radical (unpaired) electrons. The van der Waals surface area contributed by atoms with Crippen LogP contribution in [-0.2, 0) is 0 Å². The van der Waals surface area contributed by atoms with Crippen molar-refractivity contribution in [2.24, 2.45) is 0 Å². The Morgan fingerprint density at radius 3 is 1.40 bits per heavy atom. The molecule has 0 unspecified atom stereocenters. The summed E-state index contributed by atoms with van der Waals surface area (Å²) in [5.74, 6) is 0. The fourth-order valence-electron chi connectivity index (χ4n) is 2.53. The van der Waals surface area contributed by atoms with Gasteiger partial charge in [-0.1, -0.05) is 12.8 Å². The molecular formula is C11H20ClFN2. The van der Waals surface area contributed by atoms with Gasteiger partial charge in [0, 0.05) is 26.2 Å². The zero-order valence-corrected chi connectivity index (χ0v) is 9.98. The highest BCUT2D eigenvalue weighted by Crippen LogP contribution is 2.32. The summed E-state index contributed by atoms with van der Waals surface area (Å²) in [5, 5.41) is -1.72. The first-order valence-electron chi connectivity index (χ1n) is 6.09. The molecule has 0 bridgehead atoms. The van der Waals surface area contributed by atoms with Crippen LogP contribution in [0.5, 0.6) is 0 Å². The summed E-state index contributed by atoms with van der Waals surface area (Å²) >= 11 is 6.08. The van der Waals surface area contributed by atoms with E-state index in [9.17, 15) is 4.39 Å². The maximum Gasteiger partial charge on any atom is 0.298 e. The third-order valence-electron chi connectivity index (χ3n) is 3.47. The molecule has 0 atom stereocenters. The van der Waals surface area contributed by atoms with E-state index in [1.807, 2.05) is 0 Å². The number of hydrogen-bond acceptors (Lipinski definition) is 2.